The van der Waals surface area contributed by atoms with Crippen molar-refractivity contribution in [2.24, 2.45) is 0 Å². The van der Waals surface area contributed by atoms with Gasteiger partial charge >= 0.3 is 5.69 Å². The molecule has 0 radical (unpaired) electrons. The van der Waals surface area contributed by atoms with Gasteiger partial charge in [-0.2, -0.15) is 4.98 Å². The van der Waals surface area contributed by atoms with Gasteiger partial charge in [0.2, 0.25) is 11.8 Å². The number of thiophene rings is 1. The minimum atomic E-state index is -0.574. The monoisotopic (exact) mass is 291 g/mol. The lowest BCUT2D eigenvalue weighted by molar-refractivity contribution is -0.384. The Morgan fingerprint density at radius 2 is 2.40 bits per heavy atom. The molecule has 0 aromatic carbocycles. The van der Waals surface area contributed by atoms with E-state index in [1.807, 2.05) is 4.90 Å². The summed E-state index contributed by atoms with van der Waals surface area (Å²) in [6.45, 7) is 2.86. The van der Waals surface area contributed by atoms with Crippen molar-refractivity contribution in [2.75, 3.05) is 17.2 Å². The minimum absolute atomic E-state index is 0.0942. The van der Waals surface area contributed by atoms with Crippen LogP contribution in [-0.4, -0.2) is 21.4 Å². The van der Waals surface area contributed by atoms with Gasteiger partial charge in [-0.25, -0.2) is 4.98 Å². The Hall–Kier alpha value is -2.22. The smallest absolute Gasteiger partial charge is 0.329 e. The van der Waals surface area contributed by atoms with Crippen molar-refractivity contribution in [1.82, 2.24) is 9.97 Å². The highest BCUT2D eigenvalue weighted by Crippen LogP contribution is 2.35. The summed E-state index contributed by atoms with van der Waals surface area (Å²) in [5.74, 6) is 0.348. The van der Waals surface area contributed by atoms with Gasteiger partial charge in [0, 0.05) is 11.4 Å². The second-order valence-corrected chi connectivity index (χ2v) is 5.62. The highest BCUT2D eigenvalue weighted by Gasteiger charge is 2.27. The van der Waals surface area contributed by atoms with Crippen LogP contribution in [0.25, 0.3) is 0 Å². The summed E-state index contributed by atoms with van der Waals surface area (Å²) >= 11 is 1.75. The fraction of sp³-hybridized carbons (Fsp3) is 0.333. The van der Waals surface area contributed by atoms with E-state index in [0.717, 1.165) is 13.0 Å². The molecule has 0 aliphatic carbocycles. The number of hydrogen-bond acceptors (Lipinski definition) is 7. The molecule has 3 heterocycles. The highest BCUT2D eigenvalue weighted by atomic mass is 32.1. The van der Waals surface area contributed by atoms with E-state index in [4.69, 9.17) is 5.73 Å². The molecular weight excluding hydrogens is 278 g/mol. The predicted octanol–water partition coefficient (Wildman–Crippen LogP) is 2.15. The van der Waals surface area contributed by atoms with Crippen molar-refractivity contribution in [3.8, 4) is 0 Å². The van der Waals surface area contributed by atoms with E-state index in [9.17, 15) is 10.1 Å². The number of nitrogens with zero attached hydrogens (tertiary/aromatic N) is 4. The van der Waals surface area contributed by atoms with Crippen LogP contribution in [0.1, 0.15) is 23.4 Å². The van der Waals surface area contributed by atoms with E-state index in [1.54, 1.807) is 11.3 Å². The summed E-state index contributed by atoms with van der Waals surface area (Å²) in [7, 11) is 0. The van der Waals surface area contributed by atoms with Gasteiger partial charge in [0.05, 0.1) is 11.0 Å². The van der Waals surface area contributed by atoms with Crippen LogP contribution >= 0.6 is 11.3 Å². The van der Waals surface area contributed by atoms with Crippen molar-refractivity contribution < 1.29 is 4.92 Å². The lowest BCUT2D eigenvalue weighted by Crippen LogP contribution is -2.34. The van der Waals surface area contributed by atoms with Gasteiger partial charge in [0.25, 0.3) is 0 Å². The topological polar surface area (TPSA) is 98.2 Å². The second kappa shape index (κ2) is 4.71. The lowest BCUT2D eigenvalue weighted by Gasteiger charge is -2.33. The molecule has 20 heavy (non-hydrogen) atoms. The first kappa shape index (κ1) is 12.8. The van der Waals surface area contributed by atoms with Crippen molar-refractivity contribution in [2.45, 2.75) is 19.4 Å². The average molecular weight is 291 g/mol. The fourth-order valence-electron chi connectivity index (χ4n) is 2.44. The van der Waals surface area contributed by atoms with Crippen LogP contribution in [0.5, 0.6) is 0 Å². The van der Waals surface area contributed by atoms with Crippen LogP contribution in [-0.2, 0) is 6.42 Å². The van der Waals surface area contributed by atoms with Gasteiger partial charge in [-0.05, 0) is 30.4 Å². The Balaban J connectivity index is 1.95. The van der Waals surface area contributed by atoms with Gasteiger partial charge in [-0.1, -0.05) is 0 Å². The molecule has 2 aromatic rings. The number of anilines is 2. The quantitative estimate of drug-likeness (QED) is 0.672. The van der Waals surface area contributed by atoms with E-state index >= 15 is 0 Å². The maximum atomic E-state index is 10.7. The van der Waals surface area contributed by atoms with Gasteiger partial charge in [0.15, 0.2) is 0 Å². The summed E-state index contributed by atoms with van der Waals surface area (Å²) in [4.78, 5) is 21.7. The molecule has 0 amide bonds. The molecule has 0 saturated carbocycles. The summed E-state index contributed by atoms with van der Waals surface area (Å²) in [5, 5.41) is 12.8. The number of fused-ring (bicyclic) bond motifs is 1. The molecular formula is C12H13N5O2S. The number of aromatic nitrogens is 2. The molecule has 2 aromatic heterocycles. The molecule has 1 atom stereocenters. The Labute approximate surface area is 119 Å². The SMILES string of the molecule is CC1c2ccsc2CCN1c1ncc([N+](=O)[O-])c(N)n1. The van der Waals surface area contributed by atoms with E-state index in [1.165, 1.54) is 16.6 Å². The first-order valence-corrected chi connectivity index (χ1v) is 7.05. The van der Waals surface area contributed by atoms with Crippen LogP contribution in [0.4, 0.5) is 17.5 Å². The lowest BCUT2D eigenvalue weighted by atomic mass is 10.0. The number of nitrogens with two attached hydrogens (primary N) is 1. The standard InChI is InChI=1S/C12H13N5O2S/c1-7-8-3-5-20-10(8)2-4-16(7)12-14-6-9(17(18)19)11(13)15-12/h3,5-7H,2,4H2,1H3,(H2,13,14,15). The number of nitro groups is 1. The van der Waals surface area contributed by atoms with Gasteiger partial charge in [0.1, 0.15) is 6.20 Å². The summed E-state index contributed by atoms with van der Waals surface area (Å²) in [6.07, 6.45) is 2.10. The maximum Gasteiger partial charge on any atom is 0.329 e. The van der Waals surface area contributed by atoms with Crippen LogP contribution in [0.15, 0.2) is 17.6 Å². The zero-order chi connectivity index (χ0) is 14.3. The molecule has 1 aliphatic rings. The van der Waals surface area contributed by atoms with E-state index in [-0.39, 0.29) is 17.5 Å². The summed E-state index contributed by atoms with van der Waals surface area (Å²) in [5.41, 5.74) is 6.64. The van der Waals surface area contributed by atoms with Crippen molar-refractivity contribution in [3.05, 3.63) is 38.2 Å². The second-order valence-electron chi connectivity index (χ2n) is 4.62. The average Bonchev–Trinajstić information content (AvgIpc) is 2.87. The molecule has 1 unspecified atom stereocenters. The normalized spacial score (nSPS) is 17.9. The molecule has 7 nitrogen and oxygen atoms in total. The van der Waals surface area contributed by atoms with Crippen LogP contribution in [0.3, 0.4) is 0 Å². The number of rotatable bonds is 2. The third-order valence-electron chi connectivity index (χ3n) is 3.52. The highest BCUT2D eigenvalue weighted by molar-refractivity contribution is 7.10. The summed E-state index contributed by atoms with van der Waals surface area (Å²) in [6, 6.07) is 2.25. The molecule has 0 bridgehead atoms. The zero-order valence-electron chi connectivity index (χ0n) is 10.8. The third kappa shape index (κ3) is 1.97. The van der Waals surface area contributed by atoms with Gasteiger partial charge in [-0.15, -0.1) is 11.3 Å². The van der Waals surface area contributed by atoms with Crippen LogP contribution < -0.4 is 10.6 Å². The van der Waals surface area contributed by atoms with E-state index in [0.29, 0.717) is 5.95 Å². The van der Waals surface area contributed by atoms with Crippen molar-refractivity contribution in [1.29, 1.82) is 0 Å². The van der Waals surface area contributed by atoms with Crippen LogP contribution in [0, 0.1) is 10.1 Å². The Morgan fingerprint density at radius 3 is 3.10 bits per heavy atom. The fourth-order valence-corrected chi connectivity index (χ4v) is 3.40. The molecule has 0 spiro atoms. The summed E-state index contributed by atoms with van der Waals surface area (Å²) < 4.78 is 0. The zero-order valence-corrected chi connectivity index (χ0v) is 11.6. The molecule has 1 aliphatic heterocycles. The first-order valence-electron chi connectivity index (χ1n) is 6.17. The van der Waals surface area contributed by atoms with Crippen molar-refractivity contribution >= 4 is 28.8 Å². The molecule has 3 rings (SSSR count). The molecule has 104 valence electrons. The Kier molecular flexibility index (Phi) is 3.01. The van der Waals surface area contributed by atoms with Crippen LogP contribution in [0.2, 0.25) is 0 Å². The number of hydrogen-bond donors (Lipinski definition) is 1. The molecule has 8 heteroatoms. The first-order chi connectivity index (χ1) is 9.58. The van der Waals surface area contributed by atoms with E-state index in [2.05, 4.69) is 28.3 Å². The molecule has 0 fully saturated rings. The Bertz CT molecular complexity index is 672. The molecule has 0 saturated heterocycles. The Morgan fingerprint density at radius 1 is 1.60 bits per heavy atom. The van der Waals surface area contributed by atoms with Gasteiger partial charge in [-0.3, -0.25) is 10.1 Å². The minimum Gasteiger partial charge on any atom is -0.378 e. The van der Waals surface area contributed by atoms with E-state index < -0.39 is 4.92 Å². The largest absolute Gasteiger partial charge is 0.378 e. The van der Waals surface area contributed by atoms with Gasteiger partial charge < -0.3 is 10.6 Å². The maximum absolute atomic E-state index is 10.7. The predicted molar refractivity (Wildman–Crippen MR) is 76.9 cm³/mol. The number of nitrogen functional groups attached to an aromatic ring is 1. The third-order valence-corrected chi connectivity index (χ3v) is 4.51. The molecule has 2 N–H and O–H groups in total. The van der Waals surface area contributed by atoms with Crippen molar-refractivity contribution in [3.63, 3.8) is 0 Å².